The van der Waals surface area contributed by atoms with Crippen LogP contribution in [-0.2, 0) is 26.2 Å². The minimum atomic E-state index is -3.92. The van der Waals surface area contributed by atoms with E-state index in [9.17, 15) is 18.0 Å². The van der Waals surface area contributed by atoms with Gasteiger partial charge >= 0.3 is 0 Å². The molecule has 180 valence electrons. The van der Waals surface area contributed by atoms with Gasteiger partial charge in [0.15, 0.2) is 0 Å². The van der Waals surface area contributed by atoms with E-state index in [-0.39, 0.29) is 17.3 Å². The molecule has 2 aromatic rings. The van der Waals surface area contributed by atoms with Gasteiger partial charge in [-0.3, -0.25) is 9.59 Å². The lowest BCUT2D eigenvalue weighted by molar-refractivity contribution is -0.141. The second-order valence-corrected chi connectivity index (χ2v) is 12.2. The van der Waals surface area contributed by atoms with E-state index in [1.807, 2.05) is 45.0 Å². The average molecular weight is 559 g/mol. The molecular formula is C23H29BrClN3O4S. The van der Waals surface area contributed by atoms with E-state index in [1.165, 1.54) is 36.2 Å². The Morgan fingerprint density at radius 3 is 2.12 bits per heavy atom. The van der Waals surface area contributed by atoms with Crippen LogP contribution in [0.15, 0.2) is 57.9 Å². The number of halogens is 2. The maximum absolute atomic E-state index is 13.3. The van der Waals surface area contributed by atoms with Crippen molar-refractivity contribution in [2.45, 2.75) is 50.7 Å². The molecule has 2 aromatic carbocycles. The topological polar surface area (TPSA) is 86.8 Å². The minimum absolute atomic E-state index is 0.0279. The van der Waals surface area contributed by atoms with Gasteiger partial charge in [-0.25, -0.2) is 8.42 Å². The maximum atomic E-state index is 13.3. The summed E-state index contributed by atoms with van der Waals surface area (Å²) in [6, 6.07) is 12.3. The van der Waals surface area contributed by atoms with Gasteiger partial charge in [0.2, 0.25) is 21.8 Å². The lowest BCUT2D eigenvalue weighted by Gasteiger charge is -2.32. The number of nitrogens with zero attached hydrogens (tertiary/aromatic N) is 2. The zero-order valence-electron chi connectivity index (χ0n) is 19.3. The Labute approximate surface area is 209 Å². The summed E-state index contributed by atoms with van der Waals surface area (Å²) in [5.74, 6) is -0.814. The monoisotopic (exact) mass is 557 g/mol. The average Bonchev–Trinajstić information content (AvgIpc) is 2.71. The Bertz CT molecular complexity index is 1080. The summed E-state index contributed by atoms with van der Waals surface area (Å²) in [4.78, 5) is 27.5. The van der Waals surface area contributed by atoms with Crippen molar-refractivity contribution < 1.29 is 18.0 Å². The number of hydrogen-bond donors (Lipinski definition) is 1. The fourth-order valence-electron chi connectivity index (χ4n) is 3.00. The fourth-order valence-corrected chi connectivity index (χ4v) is 4.51. The van der Waals surface area contributed by atoms with Crippen LogP contribution in [0, 0.1) is 0 Å². The number of carbonyl (C=O) groups is 2. The van der Waals surface area contributed by atoms with E-state index >= 15 is 0 Å². The Hall–Kier alpha value is -1.94. The van der Waals surface area contributed by atoms with Gasteiger partial charge in [0, 0.05) is 28.6 Å². The van der Waals surface area contributed by atoms with Gasteiger partial charge in [0.25, 0.3) is 0 Å². The van der Waals surface area contributed by atoms with Crippen molar-refractivity contribution in [2.75, 3.05) is 13.6 Å². The van der Waals surface area contributed by atoms with Crippen LogP contribution in [-0.4, -0.2) is 54.6 Å². The molecule has 0 aromatic heterocycles. The van der Waals surface area contributed by atoms with Crippen LogP contribution in [0.25, 0.3) is 0 Å². The summed E-state index contributed by atoms with van der Waals surface area (Å²) >= 11 is 9.23. The molecule has 10 heteroatoms. The second-order valence-electron chi connectivity index (χ2n) is 8.78. The van der Waals surface area contributed by atoms with E-state index < -0.39 is 34.1 Å². The van der Waals surface area contributed by atoms with E-state index in [2.05, 4.69) is 21.2 Å². The number of sulfonamides is 1. The second kappa shape index (κ2) is 11.0. The van der Waals surface area contributed by atoms with Gasteiger partial charge in [-0.2, -0.15) is 4.31 Å². The summed E-state index contributed by atoms with van der Waals surface area (Å²) < 4.78 is 27.7. The molecule has 0 unspecified atom stereocenters. The molecule has 0 saturated carbocycles. The molecule has 2 rings (SSSR count). The van der Waals surface area contributed by atoms with Crippen molar-refractivity contribution in [3.05, 3.63) is 63.6 Å². The Kier molecular flexibility index (Phi) is 9.09. The van der Waals surface area contributed by atoms with Gasteiger partial charge in [0.1, 0.15) is 6.04 Å². The third-order valence-corrected chi connectivity index (χ3v) is 7.41. The highest BCUT2D eigenvalue weighted by atomic mass is 79.9. The lowest BCUT2D eigenvalue weighted by Crippen LogP contribution is -2.54. The number of nitrogens with one attached hydrogen (secondary N) is 1. The molecule has 0 heterocycles. The molecule has 1 atom stereocenters. The molecular weight excluding hydrogens is 530 g/mol. The number of benzene rings is 2. The molecule has 0 bridgehead atoms. The van der Waals surface area contributed by atoms with Crippen LogP contribution in [0.3, 0.4) is 0 Å². The molecule has 0 aliphatic rings. The summed E-state index contributed by atoms with van der Waals surface area (Å²) in [7, 11) is -2.58. The molecule has 0 fully saturated rings. The molecule has 0 aliphatic carbocycles. The highest BCUT2D eigenvalue weighted by molar-refractivity contribution is 9.10. The van der Waals surface area contributed by atoms with Crippen molar-refractivity contribution in [3.8, 4) is 0 Å². The molecule has 0 aliphatic heterocycles. The normalized spacial score (nSPS) is 13.0. The highest BCUT2D eigenvalue weighted by Crippen LogP contribution is 2.19. The highest BCUT2D eigenvalue weighted by Gasteiger charge is 2.31. The Morgan fingerprint density at radius 2 is 1.61 bits per heavy atom. The summed E-state index contributed by atoms with van der Waals surface area (Å²) in [5, 5.41) is 3.29. The third kappa shape index (κ3) is 7.81. The predicted molar refractivity (Wildman–Crippen MR) is 133 cm³/mol. The number of carbonyl (C=O) groups excluding carboxylic acids is 2. The van der Waals surface area contributed by atoms with Crippen molar-refractivity contribution in [1.29, 1.82) is 0 Å². The minimum Gasteiger partial charge on any atom is -0.350 e. The molecule has 7 nitrogen and oxygen atoms in total. The van der Waals surface area contributed by atoms with Gasteiger partial charge in [-0.15, -0.1) is 0 Å². The lowest BCUT2D eigenvalue weighted by atomic mass is 10.1. The number of rotatable bonds is 8. The van der Waals surface area contributed by atoms with Crippen molar-refractivity contribution in [2.24, 2.45) is 0 Å². The molecule has 1 N–H and O–H groups in total. The molecule has 2 amide bonds. The van der Waals surface area contributed by atoms with Gasteiger partial charge in [0.05, 0.1) is 11.4 Å². The first kappa shape index (κ1) is 27.3. The maximum Gasteiger partial charge on any atom is 0.243 e. The number of likely N-dealkylation sites (N-methyl/N-ethyl adjacent to an activating group) is 1. The number of hydrogen-bond acceptors (Lipinski definition) is 4. The quantitative estimate of drug-likeness (QED) is 0.530. The first-order chi connectivity index (χ1) is 15.2. The Balaban J connectivity index is 2.28. The van der Waals surface area contributed by atoms with Crippen LogP contribution in [0.5, 0.6) is 0 Å². The summed E-state index contributed by atoms with van der Waals surface area (Å²) in [6.07, 6.45) is 0. The standard InChI is InChI=1S/C23H29BrClN3O4S/c1-16(22(30)26-23(2,3)4)28(14-17-6-8-18(24)9-7-17)21(29)15-27(5)33(31,32)20-12-10-19(25)11-13-20/h6-13,16H,14-15H2,1-5H3,(H,26,30)/t16-/m0/s1. The predicted octanol–water partition coefficient (Wildman–Crippen LogP) is 4.06. The SMILES string of the molecule is C[C@@H](C(=O)NC(C)(C)C)N(Cc1ccc(Br)cc1)C(=O)CN(C)S(=O)(=O)c1ccc(Cl)cc1. The van der Waals surface area contributed by atoms with E-state index in [4.69, 9.17) is 11.6 Å². The number of amides is 2. The zero-order valence-corrected chi connectivity index (χ0v) is 22.5. The first-order valence-corrected chi connectivity index (χ1v) is 12.9. The van der Waals surface area contributed by atoms with Crippen molar-refractivity contribution in [1.82, 2.24) is 14.5 Å². The van der Waals surface area contributed by atoms with Crippen molar-refractivity contribution in [3.63, 3.8) is 0 Å². The summed E-state index contributed by atoms with van der Waals surface area (Å²) in [5.41, 5.74) is 0.331. The van der Waals surface area contributed by atoms with Crippen molar-refractivity contribution >= 4 is 49.4 Å². The largest absolute Gasteiger partial charge is 0.350 e. The summed E-state index contributed by atoms with van der Waals surface area (Å²) in [6.45, 7) is 6.92. The van der Waals surface area contributed by atoms with Gasteiger partial charge < -0.3 is 10.2 Å². The van der Waals surface area contributed by atoms with Crippen LogP contribution >= 0.6 is 27.5 Å². The van der Waals surface area contributed by atoms with Crippen LogP contribution < -0.4 is 5.32 Å². The van der Waals surface area contributed by atoms with Gasteiger partial charge in [-0.05, 0) is 69.7 Å². The fraction of sp³-hybridized carbons (Fsp3) is 0.391. The molecule has 0 radical (unpaired) electrons. The van der Waals surface area contributed by atoms with Crippen LogP contribution in [0.4, 0.5) is 0 Å². The zero-order chi connectivity index (χ0) is 25.0. The Morgan fingerprint density at radius 1 is 1.06 bits per heavy atom. The molecule has 33 heavy (non-hydrogen) atoms. The van der Waals surface area contributed by atoms with Gasteiger partial charge in [-0.1, -0.05) is 39.7 Å². The van der Waals surface area contributed by atoms with E-state index in [0.29, 0.717) is 5.02 Å². The molecule has 0 spiro atoms. The molecule has 0 saturated heterocycles. The van der Waals surface area contributed by atoms with E-state index in [0.717, 1.165) is 14.3 Å². The smallest absolute Gasteiger partial charge is 0.243 e. The first-order valence-electron chi connectivity index (χ1n) is 10.3. The van der Waals surface area contributed by atoms with E-state index in [1.54, 1.807) is 6.92 Å². The van der Waals surface area contributed by atoms with Crippen LogP contribution in [0.2, 0.25) is 5.02 Å². The third-order valence-electron chi connectivity index (χ3n) is 4.81. The van der Waals surface area contributed by atoms with Crippen LogP contribution in [0.1, 0.15) is 33.3 Å².